The first kappa shape index (κ1) is 14.3. The number of nitrogens with one attached hydrogen (secondary N) is 2. The summed E-state index contributed by atoms with van der Waals surface area (Å²) in [7, 11) is 0. The van der Waals surface area contributed by atoms with Crippen LogP contribution in [0, 0.1) is 0 Å². The molecule has 20 heavy (non-hydrogen) atoms. The van der Waals surface area contributed by atoms with Gasteiger partial charge < -0.3 is 10.1 Å². The van der Waals surface area contributed by atoms with E-state index in [1.54, 1.807) is 13.0 Å². The number of esters is 1. The Bertz CT molecular complexity index is 585. The van der Waals surface area contributed by atoms with E-state index in [0.29, 0.717) is 29.8 Å². The summed E-state index contributed by atoms with van der Waals surface area (Å²) in [4.78, 5) is 15.5. The van der Waals surface area contributed by atoms with Crippen LogP contribution in [0.5, 0.6) is 0 Å². The van der Waals surface area contributed by atoms with Gasteiger partial charge in [0.05, 0.1) is 13.2 Å². The number of rotatable bonds is 6. The summed E-state index contributed by atoms with van der Waals surface area (Å²) < 4.78 is 4.83. The van der Waals surface area contributed by atoms with Crippen LogP contribution in [0.2, 0.25) is 5.02 Å². The van der Waals surface area contributed by atoms with Crippen molar-refractivity contribution in [3.05, 3.63) is 40.9 Å². The summed E-state index contributed by atoms with van der Waals surface area (Å²) in [6.45, 7) is 2.58. The Morgan fingerprint density at radius 2 is 2.35 bits per heavy atom. The molecule has 6 nitrogen and oxygen atoms in total. The molecule has 0 saturated carbocycles. The lowest BCUT2D eigenvalue weighted by molar-refractivity contribution is -0.142. The molecule has 2 rings (SSSR count). The van der Waals surface area contributed by atoms with E-state index in [2.05, 4.69) is 20.5 Å². The van der Waals surface area contributed by atoms with Crippen LogP contribution in [0.1, 0.15) is 18.6 Å². The first-order valence-corrected chi connectivity index (χ1v) is 6.60. The Morgan fingerprint density at radius 1 is 1.50 bits per heavy atom. The Hall–Kier alpha value is -2.08. The number of nitrogens with zero attached hydrogens (tertiary/aromatic N) is 2. The Kier molecular flexibility index (Phi) is 4.95. The number of hydrogen-bond donors (Lipinski definition) is 2. The zero-order valence-corrected chi connectivity index (χ0v) is 11.8. The summed E-state index contributed by atoms with van der Waals surface area (Å²) in [5, 5.41) is 10.6. The van der Waals surface area contributed by atoms with Crippen molar-refractivity contribution >= 4 is 23.3 Å². The summed E-state index contributed by atoms with van der Waals surface area (Å²) in [5.41, 5.74) is 0.890. The molecule has 0 aliphatic heterocycles. The number of aromatic nitrogens is 3. The number of benzene rings is 1. The summed E-state index contributed by atoms with van der Waals surface area (Å²) in [6.07, 6.45) is 0.0709. The maximum Gasteiger partial charge on any atom is 0.313 e. The molecule has 0 amide bonds. The van der Waals surface area contributed by atoms with E-state index in [4.69, 9.17) is 16.3 Å². The zero-order valence-electron chi connectivity index (χ0n) is 11.0. The van der Waals surface area contributed by atoms with E-state index in [1.807, 2.05) is 18.2 Å². The van der Waals surface area contributed by atoms with Gasteiger partial charge in [0.15, 0.2) is 5.82 Å². The van der Waals surface area contributed by atoms with Crippen molar-refractivity contribution in [1.29, 1.82) is 0 Å². The number of hydrogen-bond acceptors (Lipinski definition) is 5. The van der Waals surface area contributed by atoms with Crippen LogP contribution in [0.4, 0.5) is 5.69 Å². The summed E-state index contributed by atoms with van der Waals surface area (Å²) in [5.74, 6) is 0.733. The molecule has 0 aliphatic rings. The van der Waals surface area contributed by atoms with E-state index in [1.165, 1.54) is 0 Å². The first-order chi connectivity index (χ1) is 9.67. The summed E-state index contributed by atoms with van der Waals surface area (Å²) >= 11 is 5.89. The highest BCUT2D eigenvalue weighted by molar-refractivity contribution is 6.30. The molecular weight excluding hydrogens is 280 g/mol. The van der Waals surface area contributed by atoms with Crippen molar-refractivity contribution in [3.8, 4) is 0 Å². The second-order valence-corrected chi connectivity index (χ2v) is 4.48. The molecule has 0 aliphatic carbocycles. The predicted molar refractivity (Wildman–Crippen MR) is 75.5 cm³/mol. The molecule has 0 fully saturated rings. The van der Waals surface area contributed by atoms with Gasteiger partial charge in [0.1, 0.15) is 12.2 Å². The number of carbonyl (C=O) groups is 1. The highest BCUT2D eigenvalue weighted by Crippen LogP contribution is 2.15. The molecule has 0 saturated heterocycles. The van der Waals surface area contributed by atoms with Crippen LogP contribution in [0.15, 0.2) is 24.3 Å². The van der Waals surface area contributed by atoms with Crippen LogP contribution in [0.3, 0.4) is 0 Å². The Balaban J connectivity index is 1.88. The molecule has 0 radical (unpaired) electrons. The fourth-order valence-corrected chi connectivity index (χ4v) is 1.81. The molecule has 2 N–H and O–H groups in total. The molecule has 106 valence electrons. The molecule has 1 aromatic carbocycles. The molecule has 0 unspecified atom stereocenters. The normalized spacial score (nSPS) is 10.3. The maximum absolute atomic E-state index is 11.3. The van der Waals surface area contributed by atoms with Gasteiger partial charge in [0.25, 0.3) is 0 Å². The van der Waals surface area contributed by atoms with Gasteiger partial charge in [-0.1, -0.05) is 17.7 Å². The SMILES string of the molecule is CCOC(=O)Cc1n[nH]c(CNc2cccc(Cl)c2)n1. The van der Waals surface area contributed by atoms with Crippen molar-refractivity contribution < 1.29 is 9.53 Å². The van der Waals surface area contributed by atoms with Gasteiger partial charge in [0, 0.05) is 10.7 Å². The predicted octanol–water partition coefficient (Wildman–Crippen LogP) is 2.18. The molecular formula is C13H15ClN4O2. The molecule has 1 heterocycles. The molecule has 0 atom stereocenters. The fraction of sp³-hybridized carbons (Fsp3) is 0.308. The standard InChI is InChI=1S/C13H15ClN4O2/c1-2-20-13(19)7-11-16-12(18-17-11)8-15-10-5-3-4-9(14)6-10/h3-6,15H,2,7-8H2,1H3,(H,16,17,18). The fourth-order valence-electron chi connectivity index (χ4n) is 1.62. The van der Waals surface area contributed by atoms with Crippen molar-refractivity contribution in [1.82, 2.24) is 15.2 Å². The molecule has 7 heteroatoms. The van der Waals surface area contributed by atoms with E-state index >= 15 is 0 Å². The van der Waals surface area contributed by atoms with Gasteiger partial charge in [-0.05, 0) is 25.1 Å². The van der Waals surface area contributed by atoms with Crippen LogP contribution >= 0.6 is 11.6 Å². The second-order valence-electron chi connectivity index (χ2n) is 4.04. The van der Waals surface area contributed by atoms with Gasteiger partial charge in [-0.25, -0.2) is 4.98 Å². The molecule has 0 bridgehead atoms. The van der Waals surface area contributed by atoms with E-state index in [0.717, 1.165) is 5.69 Å². The quantitative estimate of drug-likeness (QED) is 0.798. The molecule has 2 aromatic rings. The Labute approximate surface area is 121 Å². The van der Waals surface area contributed by atoms with Gasteiger partial charge >= 0.3 is 5.97 Å². The molecule has 1 aromatic heterocycles. The third kappa shape index (κ3) is 4.24. The smallest absolute Gasteiger partial charge is 0.313 e. The third-order valence-corrected chi connectivity index (χ3v) is 2.71. The lowest BCUT2D eigenvalue weighted by Gasteiger charge is -2.03. The number of halogens is 1. The number of aromatic amines is 1. The lowest BCUT2D eigenvalue weighted by Crippen LogP contribution is -2.08. The van der Waals surface area contributed by atoms with Crippen LogP contribution in [-0.4, -0.2) is 27.8 Å². The highest BCUT2D eigenvalue weighted by Gasteiger charge is 2.09. The van der Waals surface area contributed by atoms with Gasteiger partial charge in [-0.3, -0.25) is 9.89 Å². The van der Waals surface area contributed by atoms with Crippen molar-refractivity contribution in [2.45, 2.75) is 19.9 Å². The van der Waals surface area contributed by atoms with E-state index < -0.39 is 0 Å². The van der Waals surface area contributed by atoms with Gasteiger partial charge in [-0.2, -0.15) is 5.10 Å². The van der Waals surface area contributed by atoms with E-state index in [-0.39, 0.29) is 12.4 Å². The zero-order chi connectivity index (χ0) is 14.4. The number of ether oxygens (including phenoxy) is 1. The number of H-pyrrole nitrogens is 1. The van der Waals surface area contributed by atoms with Crippen LogP contribution in [0.25, 0.3) is 0 Å². The Morgan fingerprint density at radius 3 is 3.10 bits per heavy atom. The van der Waals surface area contributed by atoms with Crippen molar-refractivity contribution in [2.75, 3.05) is 11.9 Å². The second kappa shape index (κ2) is 6.91. The average molecular weight is 295 g/mol. The first-order valence-electron chi connectivity index (χ1n) is 6.22. The maximum atomic E-state index is 11.3. The average Bonchev–Trinajstić information content (AvgIpc) is 2.84. The van der Waals surface area contributed by atoms with E-state index in [9.17, 15) is 4.79 Å². The van der Waals surface area contributed by atoms with Crippen molar-refractivity contribution in [2.24, 2.45) is 0 Å². The largest absolute Gasteiger partial charge is 0.466 e. The summed E-state index contributed by atoms with van der Waals surface area (Å²) in [6, 6.07) is 7.38. The lowest BCUT2D eigenvalue weighted by atomic mass is 10.3. The van der Waals surface area contributed by atoms with Crippen molar-refractivity contribution in [3.63, 3.8) is 0 Å². The van der Waals surface area contributed by atoms with Gasteiger partial charge in [0.2, 0.25) is 0 Å². The topological polar surface area (TPSA) is 79.9 Å². The monoisotopic (exact) mass is 294 g/mol. The number of anilines is 1. The highest BCUT2D eigenvalue weighted by atomic mass is 35.5. The third-order valence-electron chi connectivity index (χ3n) is 2.47. The minimum atomic E-state index is -0.333. The van der Waals surface area contributed by atoms with Crippen LogP contribution < -0.4 is 5.32 Å². The van der Waals surface area contributed by atoms with Crippen LogP contribution in [-0.2, 0) is 22.5 Å². The minimum absolute atomic E-state index is 0.0709. The van der Waals surface area contributed by atoms with Gasteiger partial charge in [-0.15, -0.1) is 0 Å². The number of carbonyl (C=O) groups excluding carboxylic acids is 1. The minimum Gasteiger partial charge on any atom is -0.466 e. The molecule has 0 spiro atoms.